The minimum atomic E-state index is -0.191. The molecule has 0 aliphatic heterocycles. The molecule has 0 fully saturated rings. The number of carbonyl (C=O) groups is 1. The van der Waals surface area contributed by atoms with E-state index in [9.17, 15) is 4.79 Å². The summed E-state index contributed by atoms with van der Waals surface area (Å²) in [6, 6.07) is 0. The largest absolute Gasteiger partial charge is 0.273 e. The second-order valence-corrected chi connectivity index (χ2v) is 1.42. The van der Waals surface area contributed by atoms with Crippen molar-refractivity contribution in [2.24, 2.45) is 4.99 Å². The van der Waals surface area contributed by atoms with Crippen LogP contribution in [0.5, 0.6) is 0 Å². The quantitative estimate of drug-likeness (QED) is 0.402. The molecular formula is C7H9NO. The summed E-state index contributed by atoms with van der Waals surface area (Å²) in [7, 11) is 0. The van der Waals surface area contributed by atoms with Crippen molar-refractivity contribution in [1.29, 1.82) is 0 Å². The van der Waals surface area contributed by atoms with Gasteiger partial charge in [0.25, 0.3) is 0 Å². The number of hydrogen-bond acceptors (Lipinski definition) is 1. The fourth-order valence-electron chi connectivity index (χ4n) is 0.276. The third kappa shape index (κ3) is 6.82. The Balaban J connectivity index is 3.59. The van der Waals surface area contributed by atoms with Crippen LogP contribution >= 0.6 is 0 Å². The number of nitrogens with zero attached hydrogens (tertiary/aromatic N) is 1. The van der Waals surface area contributed by atoms with Crippen LogP contribution in [0, 0.1) is 0 Å². The molecule has 2 heteroatoms. The molecule has 0 aliphatic carbocycles. The van der Waals surface area contributed by atoms with Gasteiger partial charge in [-0.05, 0) is 6.08 Å². The zero-order valence-corrected chi connectivity index (χ0v) is 5.37. The monoisotopic (exact) mass is 123 g/mol. The van der Waals surface area contributed by atoms with Gasteiger partial charge in [0.2, 0.25) is 5.91 Å². The topological polar surface area (TPSA) is 29.4 Å². The van der Waals surface area contributed by atoms with Crippen LogP contribution in [-0.4, -0.2) is 12.1 Å². The van der Waals surface area contributed by atoms with E-state index in [1.54, 1.807) is 18.2 Å². The molecule has 0 rings (SSSR count). The van der Waals surface area contributed by atoms with Crippen molar-refractivity contribution >= 4 is 12.1 Å². The lowest BCUT2D eigenvalue weighted by atomic mass is 10.5. The Morgan fingerprint density at radius 1 is 1.56 bits per heavy atom. The van der Waals surface area contributed by atoms with Gasteiger partial charge in [0.05, 0.1) is 0 Å². The van der Waals surface area contributed by atoms with Crippen molar-refractivity contribution in [2.75, 3.05) is 0 Å². The van der Waals surface area contributed by atoms with Crippen LogP contribution in [0.2, 0.25) is 0 Å². The molecule has 0 N–H and O–H groups in total. The van der Waals surface area contributed by atoms with Crippen LogP contribution in [0.25, 0.3) is 0 Å². The SMILES string of the molecule is C=C/C=C/C=NC(C)=O. The van der Waals surface area contributed by atoms with Gasteiger partial charge in [-0.3, -0.25) is 4.79 Å². The molecule has 9 heavy (non-hydrogen) atoms. The molecule has 0 saturated carbocycles. The molecule has 0 bridgehead atoms. The fourth-order valence-corrected chi connectivity index (χ4v) is 0.276. The zero-order valence-electron chi connectivity index (χ0n) is 5.37. The van der Waals surface area contributed by atoms with Crippen molar-refractivity contribution < 1.29 is 4.79 Å². The number of rotatable bonds is 2. The first-order valence-electron chi connectivity index (χ1n) is 2.59. The van der Waals surface area contributed by atoms with Crippen LogP contribution in [0.1, 0.15) is 6.92 Å². The lowest BCUT2D eigenvalue weighted by Crippen LogP contribution is -1.80. The van der Waals surface area contributed by atoms with E-state index in [4.69, 9.17) is 0 Å². The zero-order chi connectivity index (χ0) is 7.11. The van der Waals surface area contributed by atoms with Gasteiger partial charge in [-0.2, -0.15) is 0 Å². The molecular weight excluding hydrogens is 114 g/mol. The number of allylic oxidation sites excluding steroid dienone is 3. The van der Waals surface area contributed by atoms with Crippen LogP contribution in [0.3, 0.4) is 0 Å². The number of aliphatic imine (C=N–C) groups is 1. The summed E-state index contributed by atoms with van der Waals surface area (Å²) in [6.45, 7) is 4.84. The fraction of sp³-hybridized carbons (Fsp3) is 0.143. The number of amides is 1. The van der Waals surface area contributed by atoms with Crippen LogP contribution in [0.15, 0.2) is 29.8 Å². The van der Waals surface area contributed by atoms with Gasteiger partial charge >= 0.3 is 0 Å². The van der Waals surface area contributed by atoms with Crippen molar-refractivity contribution in [3.05, 3.63) is 24.8 Å². The summed E-state index contributed by atoms with van der Waals surface area (Å²) in [5.74, 6) is -0.191. The minimum absolute atomic E-state index is 0.191. The van der Waals surface area contributed by atoms with Gasteiger partial charge in [0, 0.05) is 13.1 Å². The third-order valence-corrected chi connectivity index (χ3v) is 0.590. The molecule has 0 spiro atoms. The molecule has 0 saturated heterocycles. The van der Waals surface area contributed by atoms with Crippen molar-refractivity contribution in [3.63, 3.8) is 0 Å². The molecule has 0 aromatic carbocycles. The molecule has 0 radical (unpaired) electrons. The smallest absolute Gasteiger partial charge is 0.242 e. The van der Waals surface area contributed by atoms with E-state index in [1.165, 1.54) is 13.1 Å². The molecule has 2 nitrogen and oxygen atoms in total. The molecule has 0 unspecified atom stereocenters. The highest BCUT2D eigenvalue weighted by Gasteiger charge is 1.75. The third-order valence-electron chi connectivity index (χ3n) is 0.590. The Hall–Kier alpha value is -1.18. The molecule has 0 aromatic rings. The van der Waals surface area contributed by atoms with Gasteiger partial charge in [0.1, 0.15) is 0 Å². The Morgan fingerprint density at radius 2 is 2.22 bits per heavy atom. The molecule has 48 valence electrons. The van der Waals surface area contributed by atoms with E-state index >= 15 is 0 Å². The van der Waals surface area contributed by atoms with Gasteiger partial charge in [-0.25, -0.2) is 4.99 Å². The molecule has 0 aliphatic rings. The van der Waals surface area contributed by atoms with Gasteiger partial charge in [-0.15, -0.1) is 0 Å². The lowest BCUT2D eigenvalue weighted by Gasteiger charge is -1.73. The Kier molecular flexibility index (Phi) is 4.32. The van der Waals surface area contributed by atoms with E-state index in [-0.39, 0.29) is 5.91 Å². The van der Waals surface area contributed by atoms with Crippen LogP contribution < -0.4 is 0 Å². The Morgan fingerprint density at radius 3 is 2.67 bits per heavy atom. The minimum Gasteiger partial charge on any atom is -0.273 e. The van der Waals surface area contributed by atoms with Gasteiger partial charge in [0.15, 0.2) is 0 Å². The lowest BCUT2D eigenvalue weighted by molar-refractivity contribution is -0.115. The highest BCUT2D eigenvalue weighted by atomic mass is 16.1. The summed E-state index contributed by atoms with van der Waals surface area (Å²) in [6.07, 6.45) is 6.40. The summed E-state index contributed by atoms with van der Waals surface area (Å²) in [4.78, 5) is 13.6. The first-order valence-corrected chi connectivity index (χ1v) is 2.59. The van der Waals surface area contributed by atoms with Gasteiger partial charge in [-0.1, -0.05) is 18.7 Å². The van der Waals surface area contributed by atoms with E-state index in [0.29, 0.717) is 0 Å². The van der Waals surface area contributed by atoms with E-state index in [0.717, 1.165) is 0 Å². The Labute approximate surface area is 54.6 Å². The predicted molar refractivity (Wildman–Crippen MR) is 38.5 cm³/mol. The molecule has 0 atom stereocenters. The summed E-state index contributed by atoms with van der Waals surface area (Å²) < 4.78 is 0. The molecule has 0 heterocycles. The highest BCUT2D eigenvalue weighted by molar-refractivity contribution is 5.87. The van der Waals surface area contributed by atoms with Gasteiger partial charge < -0.3 is 0 Å². The average molecular weight is 123 g/mol. The normalized spacial score (nSPS) is 10.8. The first kappa shape index (κ1) is 7.82. The summed E-state index contributed by atoms with van der Waals surface area (Å²) >= 11 is 0. The molecule has 0 aromatic heterocycles. The van der Waals surface area contributed by atoms with E-state index < -0.39 is 0 Å². The molecule has 1 amide bonds. The van der Waals surface area contributed by atoms with Crippen LogP contribution in [0.4, 0.5) is 0 Å². The maximum Gasteiger partial charge on any atom is 0.242 e. The van der Waals surface area contributed by atoms with Crippen molar-refractivity contribution in [2.45, 2.75) is 6.92 Å². The summed E-state index contributed by atoms with van der Waals surface area (Å²) in [5.41, 5.74) is 0. The van der Waals surface area contributed by atoms with Crippen molar-refractivity contribution in [1.82, 2.24) is 0 Å². The second kappa shape index (κ2) is 4.97. The Bertz CT molecular complexity index is 156. The van der Waals surface area contributed by atoms with Crippen LogP contribution in [-0.2, 0) is 4.79 Å². The first-order chi connectivity index (χ1) is 4.27. The number of carbonyl (C=O) groups excluding carboxylic acids is 1. The second-order valence-electron chi connectivity index (χ2n) is 1.42. The maximum absolute atomic E-state index is 10.1. The summed E-state index contributed by atoms with van der Waals surface area (Å²) in [5, 5.41) is 0. The highest BCUT2D eigenvalue weighted by Crippen LogP contribution is 1.71. The number of hydrogen-bond donors (Lipinski definition) is 0. The standard InChI is InChI=1S/C7H9NO/c1-3-4-5-6-8-7(2)9/h3-6H,1H2,2H3/b5-4+,8-6?. The predicted octanol–water partition coefficient (Wildman–Crippen LogP) is 1.35. The van der Waals surface area contributed by atoms with E-state index in [2.05, 4.69) is 11.6 Å². The average Bonchev–Trinajstić information content (AvgIpc) is 1.80. The maximum atomic E-state index is 10.1. The van der Waals surface area contributed by atoms with E-state index in [1.807, 2.05) is 0 Å². The van der Waals surface area contributed by atoms with Crippen molar-refractivity contribution in [3.8, 4) is 0 Å².